The molecule has 2 aromatic heterocycles. The Bertz CT molecular complexity index is 1670. The first-order valence-corrected chi connectivity index (χ1v) is 12.9. The van der Waals surface area contributed by atoms with E-state index in [0.29, 0.717) is 28.9 Å². The van der Waals surface area contributed by atoms with E-state index < -0.39 is 29.1 Å². The number of halogens is 1. The number of carbonyl (C=O) groups is 2. The fraction of sp³-hybridized carbons (Fsp3) is 0.259. The number of carbonyl (C=O) groups excluding carboxylic acids is 2. The zero-order valence-corrected chi connectivity index (χ0v) is 21.6. The molecule has 2 aromatic carbocycles. The Labute approximate surface area is 220 Å². The van der Waals surface area contributed by atoms with Gasteiger partial charge in [0.25, 0.3) is 5.56 Å². The van der Waals surface area contributed by atoms with Crippen molar-refractivity contribution in [1.29, 1.82) is 0 Å². The predicted molar refractivity (Wildman–Crippen MR) is 143 cm³/mol. The topological polar surface area (TPSA) is 103 Å². The third-order valence-corrected chi connectivity index (χ3v) is 7.58. The van der Waals surface area contributed by atoms with Crippen molar-refractivity contribution >= 4 is 39.2 Å². The number of benzene rings is 2. The lowest BCUT2D eigenvalue weighted by atomic mass is 10.1. The van der Waals surface area contributed by atoms with Crippen molar-refractivity contribution < 1.29 is 18.7 Å². The van der Waals surface area contributed by atoms with Crippen molar-refractivity contribution in [3.8, 4) is 5.69 Å². The summed E-state index contributed by atoms with van der Waals surface area (Å²) in [5.74, 6) is -0.949. The maximum Gasteiger partial charge on any atom is 0.410 e. The molecule has 0 saturated heterocycles. The molecule has 0 unspecified atom stereocenters. The fourth-order valence-corrected chi connectivity index (χ4v) is 5.95. The lowest BCUT2D eigenvalue weighted by molar-refractivity contribution is -0.116. The van der Waals surface area contributed by atoms with Crippen LogP contribution in [-0.2, 0) is 29.0 Å². The Hall–Kier alpha value is -4.25. The van der Waals surface area contributed by atoms with E-state index in [0.717, 1.165) is 20.6 Å². The Kier molecular flexibility index (Phi) is 6.85. The Balaban J connectivity index is 1.64. The van der Waals surface area contributed by atoms with Gasteiger partial charge in [-0.15, -0.1) is 11.3 Å². The molecule has 4 aromatic rings. The van der Waals surface area contributed by atoms with Gasteiger partial charge in [0.1, 0.15) is 17.2 Å². The number of rotatable bonds is 5. The van der Waals surface area contributed by atoms with Gasteiger partial charge >= 0.3 is 11.8 Å². The van der Waals surface area contributed by atoms with Crippen LogP contribution in [0.5, 0.6) is 0 Å². The summed E-state index contributed by atoms with van der Waals surface area (Å²) in [5.41, 5.74) is 1.22. The zero-order chi connectivity index (χ0) is 27.0. The lowest BCUT2D eigenvalue weighted by Gasteiger charge is -2.25. The number of hydrogen-bond acceptors (Lipinski definition) is 6. The maximum atomic E-state index is 13.7. The first-order chi connectivity index (χ1) is 18.3. The van der Waals surface area contributed by atoms with Gasteiger partial charge in [-0.2, -0.15) is 0 Å². The molecule has 2 amide bonds. The number of anilines is 1. The standard InChI is InChI=1S/C27H25FN4O5S/c1-3-37-27(36)30-12-11-20-21(14-30)38-25-23(20)24(34)32(19-9-7-17(28)8-10-19)26(35)31(25)15-22(33)29-18-6-4-5-16(2)13-18/h4-10,13H,3,11-12,14-15H2,1-2H3,(H,29,33). The predicted octanol–water partition coefficient (Wildman–Crippen LogP) is 3.81. The van der Waals surface area contributed by atoms with E-state index in [4.69, 9.17) is 4.74 Å². The molecule has 9 nitrogen and oxygen atoms in total. The average Bonchev–Trinajstić information content (AvgIpc) is 3.27. The van der Waals surface area contributed by atoms with Crippen LogP contribution in [0.1, 0.15) is 22.9 Å². The van der Waals surface area contributed by atoms with Crippen molar-refractivity contribution in [2.24, 2.45) is 0 Å². The van der Waals surface area contributed by atoms with Crippen LogP contribution in [0, 0.1) is 12.7 Å². The van der Waals surface area contributed by atoms with Gasteiger partial charge in [-0.3, -0.25) is 14.2 Å². The third kappa shape index (κ3) is 4.72. The van der Waals surface area contributed by atoms with E-state index >= 15 is 0 Å². The molecule has 1 N–H and O–H groups in total. The second-order valence-corrected chi connectivity index (χ2v) is 10.0. The molecule has 3 heterocycles. The van der Waals surface area contributed by atoms with Crippen molar-refractivity contribution in [3.63, 3.8) is 0 Å². The second kappa shape index (κ2) is 10.3. The molecular weight excluding hydrogens is 511 g/mol. The van der Waals surface area contributed by atoms with Gasteiger partial charge in [-0.05, 0) is 67.8 Å². The van der Waals surface area contributed by atoms with Crippen molar-refractivity contribution in [2.45, 2.75) is 33.4 Å². The third-order valence-electron chi connectivity index (χ3n) is 6.34. The molecular formula is C27H25FN4O5S. The minimum absolute atomic E-state index is 0.194. The van der Waals surface area contributed by atoms with Crippen LogP contribution in [-0.4, -0.2) is 39.2 Å². The van der Waals surface area contributed by atoms with E-state index in [-0.39, 0.29) is 25.4 Å². The summed E-state index contributed by atoms with van der Waals surface area (Å²) >= 11 is 1.21. The minimum atomic E-state index is -0.714. The van der Waals surface area contributed by atoms with Crippen LogP contribution in [0.4, 0.5) is 14.9 Å². The summed E-state index contributed by atoms with van der Waals surface area (Å²) in [6, 6.07) is 12.3. The van der Waals surface area contributed by atoms with Gasteiger partial charge in [0.2, 0.25) is 5.91 Å². The summed E-state index contributed by atoms with van der Waals surface area (Å²) in [6.07, 6.45) is -0.0604. The van der Waals surface area contributed by atoms with Crippen LogP contribution in [0.25, 0.3) is 15.9 Å². The molecule has 0 saturated carbocycles. The normalized spacial score (nSPS) is 12.9. The summed E-state index contributed by atoms with van der Waals surface area (Å²) in [6.45, 7) is 4.11. The molecule has 1 aliphatic heterocycles. The van der Waals surface area contributed by atoms with E-state index in [1.54, 1.807) is 17.9 Å². The molecule has 38 heavy (non-hydrogen) atoms. The highest BCUT2D eigenvalue weighted by atomic mass is 32.1. The summed E-state index contributed by atoms with van der Waals surface area (Å²) in [5, 5.41) is 3.12. The molecule has 0 aliphatic carbocycles. The molecule has 11 heteroatoms. The van der Waals surface area contributed by atoms with E-state index in [1.807, 2.05) is 25.1 Å². The van der Waals surface area contributed by atoms with Crippen LogP contribution in [0.3, 0.4) is 0 Å². The molecule has 0 atom stereocenters. The number of aromatic nitrogens is 2. The van der Waals surface area contributed by atoms with Gasteiger partial charge in [0.15, 0.2) is 0 Å². The van der Waals surface area contributed by atoms with Crippen molar-refractivity contribution in [2.75, 3.05) is 18.5 Å². The smallest absolute Gasteiger partial charge is 0.410 e. The SMILES string of the molecule is CCOC(=O)N1CCc2c(sc3c2c(=O)n(-c2ccc(F)cc2)c(=O)n3CC(=O)Nc2cccc(C)c2)C1. The number of nitrogens with zero attached hydrogens (tertiary/aromatic N) is 3. The van der Waals surface area contributed by atoms with Crippen LogP contribution in [0.15, 0.2) is 58.1 Å². The Morgan fingerprint density at radius 3 is 2.61 bits per heavy atom. The van der Waals surface area contributed by atoms with Crippen molar-refractivity contribution in [1.82, 2.24) is 14.0 Å². The summed E-state index contributed by atoms with van der Waals surface area (Å²) in [7, 11) is 0. The monoisotopic (exact) mass is 536 g/mol. The number of ether oxygens (including phenoxy) is 1. The van der Waals surface area contributed by atoms with E-state index in [2.05, 4.69) is 5.32 Å². The molecule has 0 fully saturated rings. The van der Waals surface area contributed by atoms with Crippen molar-refractivity contribution in [3.05, 3.63) is 91.2 Å². The largest absolute Gasteiger partial charge is 0.450 e. The second-order valence-electron chi connectivity index (χ2n) is 8.96. The van der Waals surface area contributed by atoms with Gasteiger partial charge in [-0.1, -0.05) is 12.1 Å². The average molecular weight is 537 g/mol. The molecule has 5 rings (SSSR count). The Morgan fingerprint density at radius 2 is 1.89 bits per heavy atom. The van der Waals surface area contributed by atoms with E-state index in [9.17, 15) is 23.6 Å². The van der Waals surface area contributed by atoms with Gasteiger partial charge in [0, 0.05) is 17.1 Å². The van der Waals surface area contributed by atoms with Gasteiger partial charge in [0.05, 0.1) is 24.2 Å². The molecule has 1 aliphatic rings. The number of fused-ring (bicyclic) bond motifs is 3. The molecule has 0 spiro atoms. The molecule has 196 valence electrons. The minimum Gasteiger partial charge on any atom is -0.450 e. The quantitative estimate of drug-likeness (QED) is 0.418. The highest BCUT2D eigenvalue weighted by molar-refractivity contribution is 7.18. The number of amides is 2. The number of hydrogen-bond donors (Lipinski definition) is 1. The summed E-state index contributed by atoms with van der Waals surface area (Å²) < 4.78 is 21.0. The lowest BCUT2D eigenvalue weighted by Crippen LogP contribution is -2.41. The first kappa shape index (κ1) is 25.4. The van der Waals surface area contributed by atoms with Gasteiger partial charge in [-0.25, -0.2) is 18.5 Å². The van der Waals surface area contributed by atoms with Crippen LogP contribution < -0.4 is 16.6 Å². The highest BCUT2D eigenvalue weighted by Gasteiger charge is 2.29. The highest BCUT2D eigenvalue weighted by Crippen LogP contribution is 2.33. The Morgan fingerprint density at radius 1 is 1.13 bits per heavy atom. The van der Waals surface area contributed by atoms with Gasteiger partial charge < -0.3 is 15.0 Å². The van der Waals surface area contributed by atoms with Crippen LogP contribution >= 0.6 is 11.3 Å². The molecule has 0 bridgehead atoms. The number of thiophene rings is 1. The number of nitrogens with one attached hydrogen (secondary N) is 1. The zero-order valence-electron chi connectivity index (χ0n) is 20.8. The first-order valence-electron chi connectivity index (χ1n) is 12.1. The molecule has 0 radical (unpaired) electrons. The maximum absolute atomic E-state index is 13.7. The summed E-state index contributed by atoms with van der Waals surface area (Å²) in [4.78, 5) is 55.4. The van der Waals surface area contributed by atoms with E-state index in [1.165, 1.54) is 40.2 Å². The van der Waals surface area contributed by atoms with Crippen LogP contribution in [0.2, 0.25) is 0 Å². The fourth-order valence-electron chi connectivity index (χ4n) is 4.60. The number of aryl methyl sites for hydroxylation is 1.